The van der Waals surface area contributed by atoms with Crippen LogP contribution in [-0.2, 0) is 19.3 Å². The summed E-state index contributed by atoms with van der Waals surface area (Å²) in [5, 5.41) is 0.960. The van der Waals surface area contributed by atoms with Crippen molar-refractivity contribution in [2.45, 2.75) is 4.21 Å². The fraction of sp³-hybridized carbons (Fsp3) is 0.0455. The summed E-state index contributed by atoms with van der Waals surface area (Å²) in [6, 6.07) is 11.6. The third-order valence-electron chi connectivity index (χ3n) is 4.82. The van der Waals surface area contributed by atoms with Crippen LogP contribution in [-0.4, -0.2) is 25.4 Å². The molecule has 0 saturated carbocycles. The van der Waals surface area contributed by atoms with E-state index >= 15 is 0 Å². The zero-order valence-electron chi connectivity index (χ0n) is 18.2. The third-order valence-corrected chi connectivity index (χ3v) is 9.70. The molecule has 0 saturated heterocycles. The summed E-state index contributed by atoms with van der Waals surface area (Å²) in [7, 11) is -8.97. The molecular weight excluding hydrogens is 594 g/mol. The van der Waals surface area contributed by atoms with Gasteiger partial charge in [0.05, 0.1) is 15.3 Å². The average molecular weight is 608 g/mol. The molecule has 37 heavy (non-hydrogen) atoms. The number of hydrogen-bond donors (Lipinski definition) is 2. The second-order valence-electron chi connectivity index (χ2n) is 7.42. The highest BCUT2D eigenvalue weighted by Gasteiger charge is 2.28. The van der Waals surface area contributed by atoms with E-state index in [1.165, 1.54) is 30.3 Å². The van der Waals surface area contributed by atoms with Crippen LogP contribution in [0.2, 0.25) is 10.0 Å². The Labute approximate surface area is 222 Å². The van der Waals surface area contributed by atoms with Crippen LogP contribution in [0.15, 0.2) is 64.9 Å². The Morgan fingerprint density at radius 1 is 1.03 bits per heavy atom. The molecular formula is C22H14Cl2F2NO7PS2. The van der Waals surface area contributed by atoms with Crippen LogP contribution in [0, 0.1) is 11.6 Å². The van der Waals surface area contributed by atoms with E-state index in [9.17, 15) is 31.5 Å². The van der Waals surface area contributed by atoms with Crippen molar-refractivity contribution in [1.82, 2.24) is 4.72 Å². The standard InChI is InChI=1S/C22H14Cl2F2NO7PS2/c23-17-7-8-18(24)22-16(17)10-20(36-22)37(31,32)27-11-35(29,30)34-33-14-5-6-15(19(26)9-14)21(28)12-1-3-13(25)4-2-12/h1-10,27H,11H2,(H,29,30). The molecule has 1 heterocycles. The molecule has 8 nitrogen and oxygen atoms in total. The maximum atomic E-state index is 14.5. The van der Waals surface area contributed by atoms with Crippen molar-refractivity contribution in [3.8, 4) is 5.75 Å². The number of carbonyl (C=O) groups excluding carboxylic acids is 1. The van der Waals surface area contributed by atoms with E-state index in [1.807, 2.05) is 4.72 Å². The van der Waals surface area contributed by atoms with Crippen LogP contribution in [0.3, 0.4) is 0 Å². The molecule has 1 unspecified atom stereocenters. The first-order valence-electron chi connectivity index (χ1n) is 10.0. The van der Waals surface area contributed by atoms with Gasteiger partial charge in [0.25, 0.3) is 10.0 Å². The maximum absolute atomic E-state index is 14.5. The average Bonchev–Trinajstić information content (AvgIpc) is 3.32. The van der Waals surface area contributed by atoms with Crippen molar-refractivity contribution in [3.63, 3.8) is 0 Å². The number of halogens is 4. The number of benzene rings is 3. The molecule has 0 fully saturated rings. The fourth-order valence-electron chi connectivity index (χ4n) is 3.02. The van der Waals surface area contributed by atoms with E-state index in [-0.39, 0.29) is 31.1 Å². The molecule has 2 N–H and O–H groups in total. The number of thiophene rings is 1. The number of carbonyl (C=O) groups is 1. The zero-order valence-corrected chi connectivity index (χ0v) is 22.2. The molecule has 0 aliphatic rings. The zero-order chi connectivity index (χ0) is 27.0. The van der Waals surface area contributed by atoms with Gasteiger partial charge in [0, 0.05) is 22.0 Å². The molecule has 4 rings (SSSR count). The number of ketones is 1. The van der Waals surface area contributed by atoms with Gasteiger partial charge >= 0.3 is 7.60 Å². The Morgan fingerprint density at radius 3 is 2.35 bits per heavy atom. The molecule has 0 radical (unpaired) electrons. The predicted octanol–water partition coefficient (Wildman–Crippen LogP) is 6.15. The van der Waals surface area contributed by atoms with Crippen molar-refractivity contribution in [1.29, 1.82) is 0 Å². The minimum atomic E-state index is -4.71. The molecule has 0 amide bonds. The molecule has 4 aromatic rings. The lowest BCUT2D eigenvalue weighted by Crippen LogP contribution is -2.24. The molecule has 1 atom stereocenters. The predicted molar refractivity (Wildman–Crippen MR) is 135 cm³/mol. The summed E-state index contributed by atoms with van der Waals surface area (Å²) in [6.07, 6.45) is -1.07. The minimum Gasteiger partial charge on any atom is -0.329 e. The topological polar surface area (TPSA) is 119 Å². The van der Waals surface area contributed by atoms with Gasteiger partial charge in [0.2, 0.25) is 0 Å². The second kappa shape index (κ2) is 10.8. The van der Waals surface area contributed by atoms with Crippen molar-refractivity contribution < 1.29 is 41.0 Å². The van der Waals surface area contributed by atoms with Crippen LogP contribution < -0.4 is 9.61 Å². The Hall–Kier alpha value is -2.41. The monoisotopic (exact) mass is 607 g/mol. The summed E-state index contributed by atoms with van der Waals surface area (Å²) in [6.45, 7) is 0. The molecule has 0 aliphatic heterocycles. The number of hydrogen-bond acceptors (Lipinski definition) is 7. The van der Waals surface area contributed by atoms with Crippen LogP contribution in [0.5, 0.6) is 5.75 Å². The van der Waals surface area contributed by atoms with Crippen LogP contribution in [0.1, 0.15) is 15.9 Å². The molecule has 0 aliphatic carbocycles. The van der Waals surface area contributed by atoms with E-state index in [0.717, 1.165) is 41.7 Å². The Kier molecular flexibility index (Phi) is 8.03. The van der Waals surface area contributed by atoms with Crippen LogP contribution in [0.4, 0.5) is 8.78 Å². The van der Waals surface area contributed by atoms with Gasteiger partial charge in [-0.05, 0) is 54.6 Å². The first kappa shape index (κ1) is 27.6. The third kappa shape index (κ3) is 6.36. The number of sulfonamides is 1. The van der Waals surface area contributed by atoms with Crippen molar-refractivity contribution in [2.24, 2.45) is 0 Å². The van der Waals surface area contributed by atoms with Gasteiger partial charge in [-0.1, -0.05) is 27.9 Å². The summed E-state index contributed by atoms with van der Waals surface area (Å²) >= 11 is 13.0. The molecule has 194 valence electrons. The molecule has 3 aromatic carbocycles. The van der Waals surface area contributed by atoms with E-state index < -0.39 is 41.3 Å². The van der Waals surface area contributed by atoms with Gasteiger partial charge in [-0.3, -0.25) is 9.36 Å². The summed E-state index contributed by atoms with van der Waals surface area (Å²) in [4.78, 5) is 27.0. The lowest BCUT2D eigenvalue weighted by molar-refractivity contribution is -0.109. The lowest BCUT2D eigenvalue weighted by atomic mass is 10.0. The largest absolute Gasteiger partial charge is 0.381 e. The van der Waals surface area contributed by atoms with Gasteiger partial charge in [-0.25, -0.2) is 17.2 Å². The lowest BCUT2D eigenvalue weighted by Gasteiger charge is -2.12. The quantitative estimate of drug-likeness (QED) is 0.101. The van der Waals surface area contributed by atoms with Crippen LogP contribution in [0.25, 0.3) is 10.1 Å². The SMILES string of the molecule is O=C(c1ccc(F)cc1)c1ccc(OOP(=O)(O)CNS(=O)(=O)c2cc3c(Cl)ccc(Cl)c3s2)cc1F. The Bertz CT molecular complexity index is 1620. The van der Waals surface area contributed by atoms with E-state index in [2.05, 4.69) is 9.56 Å². The van der Waals surface area contributed by atoms with Gasteiger partial charge < -0.3 is 9.78 Å². The van der Waals surface area contributed by atoms with Gasteiger partial charge in [0.1, 0.15) is 22.1 Å². The first-order valence-corrected chi connectivity index (χ1v) is 14.8. The van der Waals surface area contributed by atoms with Gasteiger partial charge in [-0.15, -0.1) is 11.3 Å². The van der Waals surface area contributed by atoms with Crippen LogP contribution >= 0.6 is 42.1 Å². The second-order valence-corrected chi connectivity index (χ2v) is 13.0. The number of rotatable bonds is 9. The van der Waals surface area contributed by atoms with E-state index in [1.54, 1.807) is 0 Å². The van der Waals surface area contributed by atoms with Crippen molar-refractivity contribution >= 4 is 68.0 Å². The minimum absolute atomic E-state index is 0.0422. The van der Waals surface area contributed by atoms with Crippen molar-refractivity contribution in [2.75, 3.05) is 6.29 Å². The Balaban J connectivity index is 1.40. The summed E-state index contributed by atoms with van der Waals surface area (Å²) in [5.74, 6) is -2.70. The summed E-state index contributed by atoms with van der Waals surface area (Å²) < 4.78 is 71.6. The smallest absolute Gasteiger partial charge is 0.329 e. The van der Waals surface area contributed by atoms with E-state index in [4.69, 9.17) is 23.2 Å². The molecule has 0 spiro atoms. The van der Waals surface area contributed by atoms with Gasteiger partial charge in [0.15, 0.2) is 11.5 Å². The Morgan fingerprint density at radius 2 is 1.70 bits per heavy atom. The number of fused-ring (bicyclic) bond motifs is 1. The molecule has 0 bridgehead atoms. The van der Waals surface area contributed by atoms with Crippen molar-refractivity contribution in [3.05, 3.63) is 93.5 Å². The normalized spacial score (nSPS) is 13.4. The fourth-order valence-corrected chi connectivity index (χ4v) is 7.26. The maximum Gasteiger partial charge on any atom is 0.381 e. The highest BCUT2D eigenvalue weighted by atomic mass is 35.5. The summed E-state index contributed by atoms with van der Waals surface area (Å²) in [5.41, 5.74) is -0.317. The van der Waals surface area contributed by atoms with Gasteiger partial charge in [-0.2, -0.15) is 4.72 Å². The molecule has 1 aromatic heterocycles. The highest BCUT2D eigenvalue weighted by Crippen LogP contribution is 2.42. The number of nitrogens with one attached hydrogen (secondary N) is 1. The highest BCUT2D eigenvalue weighted by molar-refractivity contribution is 7.92. The van der Waals surface area contributed by atoms with E-state index in [0.29, 0.717) is 10.1 Å². The first-order chi connectivity index (χ1) is 17.4. The molecule has 15 heteroatoms.